The Morgan fingerprint density at radius 1 is 1.58 bits per heavy atom. The molecule has 1 fully saturated rings. The summed E-state index contributed by atoms with van der Waals surface area (Å²) in [5.74, 6) is 0.245. The van der Waals surface area contributed by atoms with Crippen molar-refractivity contribution in [2.24, 2.45) is 5.92 Å². The van der Waals surface area contributed by atoms with Crippen LogP contribution < -0.4 is 5.32 Å². The molecule has 2 N–H and O–H groups in total. The Hall–Kier alpha value is -0.940. The third kappa shape index (κ3) is 4.01. The zero-order valence-electron chi connectivity index (χ0n) is 11.4. The molecule has 1 atom stereocenters. The Morgan fingerprint density at radius 2 is 2.32 bits per heavy atom. The van der Waals surface area contributed by atoms with Crippen LogP contribution in [0.25, 0.3) is 0 Å². The molecule has 4 nitrogen and oxygen atoms in total. The first kappa shape index (κ1) is 14.5. The minimum Gasteiger partial charge on any atom is -0.391 e. The van der Waals surface area contributed by atoms with Gasteiger partial charge in [0, 0.05) is 6.54 Å². The SMILES string of the molecule is CCCc1ncc(C(=O)NC[C@@H](O)C2CCCC2)s1. The van der Waals surface area contributed by atoms with E-state index in [0.717, 1.165) is 30.7 Å². The van der Waals surface area contributed by atoms with Crippen molar-refractivity contribution < 1.29 is 9.90 Å². The number of hydrogen-bond donors (Lipinski definition) is 2. The Kier molecular flexibility index (Phi) is 5.34. The highest BCUT2D eigenvalue weighted by atomic mass is 32.1. The molecule has 0 unspecified atom stereocenters. The average molecular weight is 282 g/mol. The summed E-state index contributed by atoms with van der Waals surface area (Å²) < 4.78 is 0. The van der Waals surface area contributed by atoms with Gasteiger partial charge in [-0.1, -0.05) is 19.8 Å². The number of hydrogen-bond acceptors (Lipinski definition) is 4. The van der Waals surface area contributed by atoms with Crippen LogP contribution in [0, 0.1) is 5.92 Å². The maximum absolute atomic E-state index is 11.9. The molecule has 0 saturated heterocycles. The van der Waals surface area contributed by atoms with E-state index in [4.69, 9.17) is 0 Å². The number of aryl methyl sites for hydroxylation is 1. The minimum absolute atomic E-state index is 0.114. The lowest BCUT2D eigenvalue weighted by molar-refractivity contribution is 0.0843. The number of carbonyl (C=O) groups is 1. The topological polar surface area (TPSA) is 62.2 Å². The number of thiazole rings is 1. The van der Waals surface area contributed by atoms with Gasteiger partial charge in [-0.25, -0.2) is 4.98 Å². The zero-order valence-corrected chi connectivity index (χ0v) is 12.2. The van der Waals surface area contributed by atoms with Gasteiger partial charge in [0.25, 0.3) is 5.91 Å². The van der Waals surface area contributed by atoms with E-state index in [1.54, 1.807) is 6.20 Å². The maximum atomic E-state index is 11.9. The van der Waals surface area contributed by atoms with E-state index in [2.05, 4.69) is 17.2 Å². The van der Waals surface area contributed by atoms with E-state index in [0.29, 0.717) is 17.3 Å². The van der Waals surface area contributed by atoms with Crippen molar-refractivity contribution >= 4 is 17.2 Å². The summed E-state index contributed by atoms with van der Waals surface area (Å²) in [6.45, 7) is 2.45. The zero-order chi connectivity index (χ0) is 13.7. The van der Waals surface area contributed by atoms with Gasteiger partial charge >= 0.3 is 0 Å². The summed E-state index contributed by atoms with van der Waals surface area (Å²) in [6.07, 6.45) is 7.74. The molecule has 19 heavy (non-hydrogen) atoms. The lowest BCUT2D eigenvalue weighted by atomic mass is 10.0. The normalized spacial score (nSPS) is 17.6. The van der Waals surface area contributed by atoms with E-state index < -0.39 is 6.10 Å². The summed E-state index contributed by atoms with van der Waals surface area (Å²) in [6, 6.07) is 0. The van der Waals surface area contributed by atoms with Crippen LogP contribution in [-0.2, 0) is 6.42 Å². The van der Waals surface area contributed by atoms with Gasteiger partial charge in [0.05, 0.1) is 17.3 Å². The number of aliphatic hydroxyl groups excluding tert-OH is 1. The van der Waals surface area contributed by atoms with Gasteiger partial charge in [-0.3, -0.25) is 4.79 Å². The van der Waals surface area contributed by atoms with Gasteiger partial charge in [0.1, 0.15) is 4.88 Å². The molecule has 1 aromatic heterocycles. The first-order chi connectivity index (χ1) is 9.20. The highest BCUT2D eigenvalue weighted by Crippen LogP contribution is 2.27. The number of carbonyl (C=O) groups excluding carboxylic acids is 1. The summed E-state index contributed by atoms with van der Waals surface area (Å²) in [7, 11) is 0. The molecule has 1 heterocycles. The quantitative estimate of drug-likeness (QED) is 0.842. The molecule has 1 aliphatic rings. The Bertz CT molecular complexity index is 413. The van der Waals surface area contributed by atoms with Crippen molar-refractivity contribution in [1.82, 2.24) is 10.3 Å². The largest absolute Gasteiger partial charge is 0.391 e. The monoisotopic (exact) mass is 282 g/mol. The summed E-state index contributed by atoms with van der Waals surface area (Å²) in [5.41, 5.74) is 0. The lowest BCUT2D eigenvalue weighted by Gasteiger charge is -2.17. The third-order valence-electron chi connectivity index (χ3n) is 3.66. The Morgan fingerprint density at radius 3 is 3.00 bits per heavy atom. The number of nitrogens with zero attached hydrogens (tertiary/aromatic N) is 1. The van der Waals surface area contributed by atoms with E-state index in [-0.39, 0.29) is 5.91 Å². The Labute approximate surface area is 118 Å². The molecule has 0 aliphatic heterocycles. The number of rotatable bonds is 6. The van der Waals surface area contributed by atoms with Gasteiger partial charge < -0.3 is 10.4 Å². The molecule has 5 heteroatoms. The Balaban J connectivity index is 1.79. The van der Waals surface area contributed by atoms with Gasteiger partial charge in [-0.15, -0.1) is 11.3 Å². The fourth-order valence-electron chi connectivity index (χ4n) is 2.54. The van der Waals surface area contributed by atoms with E-state index in [9.17, 15) is 9.90 Å². The molecular weight excluding hydrogens is 260 g/mol. The van der Waals surface area contributed by atoms with Gasteiger partial charge in [-0.05, 0) is 31.6 Å². The number of aromatic nitrogens is 1. The molecule has 0 aromatic carbocycles. The standard InChI is InChI=1S/C14H22N2O2S/c1-2-5-13-15-9-12(19-13)14(18)16-8-11(17)10-6-3-4-7-10/h9-11,17H,2-8H2,1H3,(H,16,18)/t11-/m1/s1. The first-order valence-corrected chi connectivity index (χ1v) is 7.93. The van der Waals surface area contributed by atoms with Crippen LogP contribution in [0.15, 0.2) is 6.20 Å². The van der Waals surface area contributed by atoms with Crippen LogP contribution in [0.5, 0.6) is 0 Å². The molecule has 1 aliphatic carbocycles. The highest BCUT2D eigenvalue weighted by Gasteiger charge is 2.23. The van der Waals surface area contributed by atoms with E-state index in [1.807, 2.05) is 0 Å². The van der Waals surface area contributed by atoms with Crippen LogP contribution in [0.1, 0.15) is 53.7 Å². The van der Waals surface area contributed by atoms with Gasteiger partial charge in [0.2, 0.25) is 0 Å². The lowest BCUT2D eigenvalue weighted by Crippen LogP contribution is -2.35. The highest BCUT2D eigenvalue weighted by molar-refractivity contribution is 7.13. The second kappa shape index (κ2) is 7.01. The van der Waals surface area contributed by atoms with E-state index >= 15 is 0 Å². The van der Waals surface area contributed by atoms with Crippen molar-refractivity contribution in [2.75, 3.05) is 6.54 Å². The van der Waals surface area contributed by atoms with Crippen molar-refractivity contribution in [3.63, 3.8) is 0 Å². The van der Waals surface area contributed by atoms with Crippen molar-refractivity contribution in [2.45, 2.75) is 51.6 Å². The fraction of sp³-hybridized carbons (Fsp3) is 0.714. The number of aliphatic hydroxyl groups is 1. The predicted molar refractivity (Wildman–Crippen MR) is 76.4 cm³/mol. The molecule has 2 rings (SSSR count). The van der Waals surface area contributed by atoms with Crippen LogP contribution in [0.2, 0.25) is 0 Å². The van der Waals surface area contributed by atoms with Crippen molar-refractivity contribution in [3.05, 3.63) is 16.1 Å². The second-order valence-corrected chi connectivity index (χ2v) is 6.31. The van der Waals surface area contributed by atoms with Crippen LogP contribution >= 0.6 is 11.3 Å². The van der Waals surface area contributed by atoms with Crippen LogP contribution in [0.4, 0.5) is 0 Å². The van der Waals surface area contributed by atoms with E-state index in [1.165, 1.54) is 24.2 Å². The molecule has 0 bridgehead atoms. The third-order valence-corrected chi connectivity index (χ3v) is 4.71. The van der Waals surface area contributed by atoms with Gasteiger partial charge in [0.15, 0.2) is 0 Å². The minimum atomic E-state index is -0.408. The van der Waals surface area contributed by atoms with Crippen molar-refractivity contribution in [3.8, 4) is 0 Å². The first-order valence-electron chi connectivity index (χ1n) is 7.11. The fourth-order valence-corrected chi connectivity index (χ4v) is 3.47. The summed E-state index contributed by atoms with van der Waals surface area (Å²) in [4.78, 5) is 16.8. The predicted octanol–water partition coefficient (Wildman–Crippen LogP) is 2.38. The maximum Gasteiger partial charge on any atom is 0.263 e. The summed E-state index contributed by atoms with van der Waals surface area (Å²) in [5, 5.41) is 13.8. The van der Waals surface area contributed by atoms with Crippen LogP contribution in [-0.4, -0.2) is 28.6 Å². The molecule has 1 amide bonds. The molecule has 1 aromatic rings. The smallest absolute Gasteiger partial charge is 0.263 e. The average Bonchev–Trinajstić information content (AvgIpc) is 3.06. The summed E-state index contributed by atoms with van der Waals surface area (Å²) >= 11 is 1.44. The molecular formula is C14H22N2O2S. The molecule has 0 spiro atoms. The molecule has 0 radical (unpaired) electrons. The van der Waals surface area contributed by atoms with Crippen LogP contribution in [0.3, 0.4) is 0 Å². The molecule has 106 valence electrons. The number of nitrogens with one attached hydrogen (secondary N) is 1. The van der Waals surface area contributed by atoms with Gasteiger partial charge in [-0.2, -0.15) is 0 Å². The second-order valence-electron chi connectivity index (χ2n) is 5.19. The number of amides is 1. The van der Waals surface area contributed by atoms with Crippen molar-refractivity contribution in [1.29, 1.82) is 0 Å². The molecule has 1 saturated carbocycles.